The number of nitrogen functional groups attached to an aromatic ring is 1. The van der Waals surface area contributed by atoms with Crippen LogP contribution in [0.25, 0.3) is 0 Å². The molecule has 1 atom stereocenters. The molecule has 0 amide bonds. The molecule has 13 heavy (non-hydrogen) atoms. The van der Waals surface area contributed by atoms with Gasteiger partial charge in [-0.1, -0.05) is 12.1 Å². The smallest absolute Gasteiger partial charge is 0.0534 e. The van der Waals surface area contributed by atoms with Crippen molar-refractivity contribution in [2.45, 2.75) is 18.8 Å². The predicted molar refractivity (Wildman–Crippen MR) is 53.6 cm³/mol. The van der Waals surface area contributed by atoms with Crippen molar-refractivity contribution in [3.8, 4) is 0 Å². The summed E-state index contributed by atoms with van der Waals surface area (Å²) in [5.74, 6) is 0.553. The van der Waals surface area contributed by atoms with E-state index in [0.717, 1.165) is 18.9 Å². The summed E-state index contributed by atoms with van der Waals surface area (Å²) < 4.78 is 5.44. The molecule has 0 aliphatic carbocycles. The molecule has 1 heterocycles. The minimum Gasteiger partial charge on any atom is -0.399 e. The minimum absolute atomic E-state index is 0.553. The van der Waals surface area contributed by atoms with Crippen LogP contribution < -0.4 is 5.73 Å². The third kappa shape index (κ3) is 2.01. The van der Waals surface area contributed by atoms with Crippen molar-refractivity contribution >= 4 is 5.69 Å². The van der Waals surface area contributed by atoms with Gasteiger partial charge in [-0.3, -0.25) is 0 Å². The van der Waals surface area contributed by atoms with Crippen molar-refractivity contribution in [3.63, 3.8) is 0 Å². The highest BCUT2D eigenvalue weighted by molar-refractivity contribution is 5.41. The lowest BCUT2D eigenvalue weighted by Crippen LogP contribution is -2.15. The highest BCUT2D eigenvalue weighted by Gasteiger charge is 2.15. The molecule has 1 fully saturated rings. The van der Waals surface area contributed by atoms with Gasteiger partial charge in [-0.25, -0.2) is 0 Å². The second-order valence-corrected chi connectivity index (χ2v) is 3.58. The van der Waals surface area contributed by atoms with Crippen molar-refractivity contribution in [1.29, 1.82) is 0 Å². The molecule has 0 aromatic heterocycles. The maximum absolute atomic E-state index is 5.72. The van der Waals surface area contributed by atoms with Crippen LogP contribution in [0.1, 0.15) is 24.3 Å². The molecule has 1 aliphatic heterocycles. The minimum atomic E-state index is 0.553. The first-order valence-electron chi connectivity index (χ1n) is 4.79. The van der Waals surface area contributed by atoms with Gasteiger partial charge in [0, 0.05) is 18.2 Å². The maximum Gasteiger partial charge on any atom is 0.0534 e. The van der Waals surface area contributed by atoms with E-state index in [0.29, 0.717) is 5.92 Å². The maximum atomic E-state index is 5.72. The molecule has 0 spiro atoms. The summed E-state index contributed by atoms with van der Waals surface area (Å²) in [6.45, 7) is 1.77. The summed E-state index contributed by atoms with van der Waals surface area (Å²) in [5, 5.41) is 0. The average Bonchev–Trinajstić information content (AvgIpc) is 2.19. The van der Waals surface area contributed by atoms with Crippen LogP contribution in [0.3, 0.4) is 0 Å². The van der Waals surface area contributed by atoms with Gasteiger partial charge in [0.05, 0.1) is 6.61 Å². The number of anilines is 1. The first-order chi connectivity index (χ1) is 6.36. The molecule has 0 saturated carbocycles. The second kappa shape index (κ2) is 3.79. The van der Waals surface area contributed by atoms with Gasteiger partial charge in [0.2, 0.25) is 0 Å². The monoisotopic (exact) mass is 177 g/mol. The van der Waals surface area contributed by atoms with Gasteiger partial charge in [0.25, 0.3) is 0 Å². The fraction of sp³-hybridized carbons (Fsp3) is 0.455. The summed E-state index contributed by atoms with van der Waals surface area (Å²) in [4.78, 5) is 0. The van der Waals surface area contributed by atoms with E-state index in [2.05, 4.69) is 12.1 Å². The average molecular weight is 177 g/mol. The molecule has 1 saturated heterocycles. The van der Waals surface area contributed by atoms with Crippen molar-refractivity contribution in [3.05, 3.63) is 29.8 Å². The highest BCUT2D eigenvalue weighted by Crippen LogP contribution is 2.26. The van der Waals surface area contributed by atoms with Crippen LogP contribution in [0.15, 0.2) is 24.3 Å². The number of hydrogen-bond acceptors (Lipinski definition) is 2. The molecule has 2 N–H and O–H groups in total. The molecule has 0 bridgehead atoms. The van der Waals surface area contributed by atoms with E-state index in [4.69, 9.17) is 10.5 Å². The van der Waals surface area contributed by atoms with Gasteiger partial charge < -0.3 is 10.5 Å². The second-order valence-electron chi connectivity index (χ2n) is 3.58. The molecule has 1 aromatic rings. The molecule has 2 heteroatoms. The van der Waals surface area contributed by atoms with Gasteiger partial charge in [-0.05, 0) is 30.5 Å². The van der Waals surface area contributed by atoms with E-state index in [1.807, 2.05) is 12.1 Å². The van der Waals surface area contributed by atoms with Crippen LogP contribution in [0.5, 0.6) is 0 Å². The summed E-state index contributed by atoms with van der Waals surface area (Å²) >= 11 is 0. The Labute approximate surface area is 78.7 Å². The Bertz CT molecular complexity index is 279. The zero-order valence-electron chi connectivity index (χ0n) is 7.70. The Morgan fingerprint density at radius 2 is 2.31 bits per heavy atom. The van der Waals surface area contributed by atoms with Crippen molar-refractivity contribution < 1.29 is 4.74 Å². The van der Waals surface area contributed by atoms with Crippen LogP contribution in [-0.2, 0) is 4.74 Å². The number of nitrogens with two attached hydrogens (primary N) is 1. The zero-order chi connectivity index (χ0) is 9.10. The normalized spacial score (nSPS) is 22.9. The van der Waals surface area contributed by atoms with E-state index in [-0.39, 0.29) is 0 Å². The van der Waals surface area contributed by atoms with Gasteiger partial charge in [0.15, 0.2) is 0 Å². The first-order valence-corrected chi connectivity index (χ1v) is 4.79. The molecular weight excluding hydrogens is 162 g/mol. The Balaban J connectivity index is 2.14. The quantitative estimate of drug-likeness (QED) is 0.667. The highest BCUT2D eigenvalue weighted by atomic mass is 16.5. The third-order valence-electron chi connectivity index (χ3n) is 2.54. The van der Waals surface area contributed by atoms with Crippen LogP contribution in [0.2, 0.25) is 0 Å². The molecule has 1 unspecified atom stereocenters. The third-order valence-corrected chi connectivity index (χ3v) is 2.54. The lowest BCUT2D eigenvalue weighted by Gasteiger charge is -2.22. The van der Waals surface area contributed by atoms with E-state index >= 15 is 0 Å². The summed E-state index contributed by atoms with van der Waals surface area (Å²) in [6.07, 6.45) is 2.39. The number of ether oxygens (including phenoxy) is 1. The van der Waals surface area contributed by atoms with Crippen LogP contribution >= 0.6 is 0 Å². The molecule has 1 aliphatic rings. The Morgan fingerprint density at radius 1 is 1.38 bits per heavy atom. The number of rotatable bonds is 1. The topological polar surface area (TPSA) is 35.2 Å². The lowest BCUT2D eigenvalue weighted by molar-refractivity contribution is 0.0804. The summed E-state index contributed by atoms with van der Waals surface area (Å²) in [5.41, 5.74) is 7.89. The standard InChI is InChI=1S/C11H15NO/c12-11-5-1-3-9(7-11)10-4-2-6-13-8-10/h1,3,5,7,10H,2,4,6,8,12H2. The van der Waals surface area contributed by atoms with Crippen molar-refractivity contribution in [2.75, 3.05) is 18.9 Å². The van der Waals surface area contributed by atoms with E-state index in [1.165, 1.54) is 18.4 Å². The van der Waals surface area contributed by atoms with Crippen molar-refractivity contribution in [2.24, 2.45) is 0 Å². The molecular formula is C11H15NO. The van der Waals surface area contributed by atoms with Gasteiger partial charge in [-0.15, -0.1) is 0 Å². The van der Waals surface area contributed by atoms with Gasteiger partial charge in [-0.2, -0.15) is 0 Å². The lowest BCUT2D eigenvalue weighted by atomic mass is 9.93. The predicted octanol–water partition coefficient (Wildman–Crippen LogP) is 2.16. The van der Waals surface area contributed by atoms with E-state index < -0.39 is 0 Å². The van der Waals surface area contributed by atoms with Gasteiger partial charge in [0.1, 0.15) is 0 Å². The van der Waals surface area contributed by atoms with E-state index in [9.17, 15) is 0 Å². The summed E-state index contributed by atoms with van der Waals surface area (Å²) in [6, 6.07) is 8.13. The molecule has 1 aromatic carbocycles. The SMILES string of the molecule is Nc1cccc(C2CCCOC2)c1. The Hall–Kier alpha value is -1.02. The molecule has 70 valence electrons. The largest absolute Gasteiger partial charge is 0.399 e. The fourth-order valence-corrected chi connectivity index (χ4v) is 1.82. The molecule has 0 radical (unpaired) electrons. The van der Waals surface area contributed by atoms with Crippen LogP contribution in [0.4, 0.5) is 5.69 Å². The van der Waals surface area contributed by atoms with E-state index in [1.54, 1.807) is 0 Å². The zero-order valence-corrected chi connectivity index (χ0v) is 7.70. The molecule has 2 nitrogen and oxygen atoms in total. The van der Waals surface area contributed by atoms with Crippen LogP contribution in [0, 0.1) is 0 Å². The number of hydrogen-bond donors (Lipinski definition) is 1. The summed E-state index contributed by atoms with van der Waals surface area (Å²) in [7, 11) is 0. The first kappa shape index (κ1) is 8.57. The van der Waals surface area contributed by atoms with Crippen molar-refractivity contribution in [1.82, 2.24) is 0 Å². The van der Waals surface area contributed by atoms with Gasteiger partial charge >= 0.3 is 0 Å². The fourth-order valence-electron chi connectivity index (χ4n) is 1.82. The number of benzene rings is 1. The molecule has 2 rings (SSSR count). The Kier molecular flexibility index (Phi) is 2.50. The van der Waals surface area contributed by atoms with Crippen LogP contribution in [-0.4, -0.2) is 13.2 Å². The Morgan fingerprint density at radius 3 is 3.00 bits per heavy atom.